The topological polar surface area (TPSA) is 34.1 Å². The van der Waals surface area contributed by atoms with Crippen LogP contribution in [0.15, 0.2) is 94.7 Å². The number of hydrogen-bond acceptors (Lipinski definition) is 3. The maximum Gasteiger partial charge on any atom is 0.194 e. The highest BCUT2D eigenvalue weighted by molar-refractivity contribution is 7.99. The third-order valence-corrected chi connectivity index (χ3v) is 7.87. The molecule has 0 aromatic heterocycles. The van der Waals surface area contributed by atoms with Gasteiger partial charge in [0, 0.05) is 32.0 Å². The molecule has 0 saturated carbocycles. The molecule has 4 aromatic rings. The zero-order chi connectivity index (χ0) is 22.4. The van der Waals surface area contributed by atoms with E-state index >= 15 is 0 Å². The molecule has 0 amide bonds. The third-order valence-electron chi connectivity index (χ3n) is 6.75. The van der Waals surface area contributed by atoms with Crippen LogP contribution in [-0.4, -0.2) is 11.6 Å². The fourth-order valence-electron chi connectivity index (χ4n) is 5.10. The second-order valence-corrected chi connectivity index (χ2v) is 9.74. The normalized spacial score (nSPS) is 14.4. The summed E-state index contributed by atoms with van der Waals surface area (Å²) in [4.78, 5) is 29.1. The zero-order valence-electron chi connectivity index (χ0n) is 18.1. The molecule has 33 heavy (non-hydrogen) atoms. The molecular formula is C30H22O2S. The van der Waals surface area contributed by atoms with Crippen LogP contribution in [0.2, 0.25) is 0 Å². The number of hydrogen-bond donors (Lipinski definition) is 0. The van der Waals surface area contributed by atoms with Gasteiger partial charge in [-0.25, -0.2) is 0 Å². The van der Waals surface area contributed by atoms with Crippen LogP contribution in [0.1, 0.15) is 54.1 Å². The average Bonchev–Trinajstić information content (AvgIpc) is 3.09. The Kier molecular flexibility index (Phi) is 5.00. The van der Waals surface area contributed by atoms with Gasteiger partial charge >= 0.3 is 0 Å². The van der Waals surface area contributed by atoms with Gasteiger partial charge in [-0.2, -0.15) is 0 Å². The van der Waals surface area contributed by atoms with Gasteiger partial charge < -0.3 is 0 Å². The van der Waals surface area contributed by atoms with E-state index in [0.717, 1.165) is 80.0 Å². The standard InChI is InChI=1S/C30H22O2S/c31-29-23-11-3-1-7-19(23)15-17-21-9-5-13-25(27(21)29)33-26-14-6-10-22-18-16-20-8-2-4-12-24(20)30(32)28(22)26/h1-14H,15-18H2. The molecule has 0 aliphatic heterocycles. The van der Waals surface area contributed by atoms with E-state index in [-0.39, 0.29) is 11.6 Å². The highest BCUT2D eigenvalue weighted by Crippen LogP contribution is 2.39. The summed E-state index contributed by atoms with van der Waals surface area (Å²) in [7, 11) is 0. The lowest BCUT2D eigenvalue weighted by atomic mass is 9.99. The number of carbonyl (C=O) groups excluding carboxylic acids is 2. The summed E-state index contributed by atoms with van der Waals surface area (Å²) >= 11 is 1.55. The van der Waals surface area contributed by atoms with E-state index in [1.165, 1.54) is 0 Å². The van der Waals surface area contributed by atoms with Crippen molar-refractivity contribution in [2.45, 2.75) is 35.5 Å². The SMILES string of the molecule is O=C1c2ccccc2CCc2cccc(Sc3cccc4c3C(=O)c3ccccc3CC4)c21. The summed E-state index contributed by atoms with van der Waals surface area (Å²) in [6.07, 6.45) is 3.40. The fraction of sp³-hybridized carbons (Fsp3) is 0.133. The molecule has 2 aliphatic carbocycles. The lowest BCUT2D eigenvalue weighted by Gasteiger charge is -2.15. The first-order chi connectivity index (χ1) is 16.2. The van der Waals surface area contributed by atoms with Gasteiger partial charge in [0.05, 0.1) is 0 Å². The molecule has 3 heteroatoms. The van der Waals surface area contributed by atoms with Crippen molar-refractivity contribution in [3.63, 3.8) is 0 Å². The largest absolute Gasteiger partial charge is 0.289 e. The van der Waals surface area contributed by atoms with Crippen LogP contribution in [0.5, 0.6) is 0 Å². The van der Waals surface area contributed by atoms with Crippen LogP contribution in [-0.2, 0) is 25.7 Å². The Morgan fingerprint density at radius 2 is 0.848 bits per heavy atom. The number of rotatable bonds is 2. The second kappa shape index (κ2) is 8.17. The molecule has 6 rings (SSSR count). The van der Waals surface area contributed by atoms with E-state index in [1.807, 2.05) is 60.7 Å². The van der Waals surface area contributed by atoms with Crippen LogP contribution in [0.25, 0.3) is 0 Å². The highest BCUT2D eigenvalue weighted by Gasteiger charge is 2.27. The summed E-state index contributed by atoms with van der Waals surface area (Å²) in [5.41, 5.74) is 7.53. The van der Waals surface area contributed by atoms with Gasteiger partial charge in [0.25, 0.3) is 0 Å². The minimum Gasteiger partial charge on any atom is -0.289 e. The number of benzene rings is 4. The monoisotopic (exact) mass is 446 g/mol. The van der Waals surface area contributed by atoms with Gasteiger partial charge in [-0.05, 0) is 60.1 Å². The van der Waals surface area contributed by atoms with Crippen LogP contribution in [0.4, 0.5) is 0 Å². The molecule has 0 bridgehead atoms. The lowest BCUT2D eigenvalue weighted by molar-refractivity contribution is 0.102. The molecule has 0 heterocycles. The van der Waals surface area contributed by atoms with Crippen molar-refractivity contribution in [3.8, 4) is 0 Å². The molecule has 0 saturated heterocycles. The fourth-order valence-corrected chi connectivity index (χ4v) is 6.28. The molecule has 2 aliphatic rings. The van der Waals surface area contributed by atoms with Crippen molar-refractivity contribution in [1.29, 1.82) is 0 Å². The minimum absolute atomic E-state index is 0.0832. The van der Waals surface area contributed by atoms with E-state index in [2.05, 4.69) is 24.3 Å². The van der Waals surface area contributed by atoms with Crippen LogP contribution >= 0.6 is 11.8 Å². The van der Waals surface area contributed by atoms with Crippen LogP contribution in [0.3, 0.4) is 0 Å². The predicted molar refractivity (Wildman–Crippen MR) is 132 cm³/mol. The molecule has 4 aromatic carbocycles. The summed E-state index contributed by atoms with van der Waals surface area (Å²) in [5, 5.41) is 0. The number of fused-ring (bicyclic) bond motifs is 4. The highest BCUT2D eigenvalue weighted by atomic mass is 32.2. The Morgan fingerprint density at radius 3 is 1.33 bits per heavy atom. The van der Waals surface area contributed by atoms with Gasteiger partial charge in [-0.15, -0.1) is 0 Å². The lowest BCUT2D eigenvalue weighted by Crippen LogP contribution is -2.08. The maximum atomic E-state index is 13.6. The predicted octanol–water partition coefficient (Wildman–Crippen LogP) is 6.50. The maximum absolute atomic E-state index is 13.6. The number of carbonyl (C=O) groups is 2. The smallest absolute Gasteiger partial charge is 0.194 e. The van der Waals surface area contributed by atoms with Gasteiger partial charge in [-0.1, -0.05) is 84.6 Å². The summed E-state index contributed by atoms with van der Waals surface area (Å²) in [5.74, 6) is 0.166. The minimum atomic E-state index is 0.0832. The van der Waals surface area contributed by atoms with Gasteiger partial charge in [0.15, 0.2) is 11.6 Å². The summed E-state index contributed by atoms with van der Waals surface area (Å²) in [6.45, 7) is 0. The van der Waals surface area contributed by atoms with Crippen LogP contribution in [0, 0.1) is 0 Å². The molecule has 0 N–H and O–H groups in total. The first kappa shape index (κ1) is 20.2. The molecule has 0 atom stereocenters. The zero-order valence-corrected chi connectivity index (χ0v) is 19.0. The van der Waals surface area contributed by atoms with Crippen molar-refractivity contribution in [1.82, 2.24) is 0 Å². The molecule has 160 valence electrons. The van der Waals surface area contributed by atoms with E-state index in [9.17, 15) is 9.59 Å². The Hall–Kier alpha value is -3.43. The van der Waals surface area contributed by atoms with Crippen molar-refractivity contribution in [2.24, 2.45) is 0 Å². The first-order valence-corrected chi connectivity index (χ1v) is 12.2. The van der Waals surface area contributed by atoms with Gasteiger partial charge in [-0.3, -0.25) is 9.59 Å². The Morgan fingerprint density at radius 1 is 0.455 bits per heavy atom. The second-order valence-electron chi connectivity index (χ2n) is 8.66. The van der Waals surface area contributed by atoms with Gasteiger partial charge in [0.1, 0.15) is 0 Å². The summed E-state index contributed by atoms with van der Waals surface area (Å²) in [6, 6.07) is 28.1. The molecule has 0 radical (unpaired) electrons. The van der Waals surface area contributed by atoms with Gasteiger partial charge in [0.2, 0.25) is 0 Å². The quantitative estimate of drug-likeness (QED) is 0.353. The molecule has 0 unspecified atom stereocenters. The Bertz CT molecular complexity index is 1320. The van der Waals surface area contributed by atoms with E-state index in [4.69, 9.17) is 0 Å². The molecule has 0 fully saturated rings. The average molecular weight is 447 g/mol. The van der Waals surface area contributed by atoms with Crippen molar-refractivity contribution >= 4 is 23.3 Å². The third kappa shape index (κ3) is 3.44. The number of ketones is 2. The number of aryl methyl sites for hydroxylation is 4. The Balaban J connectivity index is 1.47. The summed E-state index contributed by atoms with van der Waals surface area (Å²) < 4.78 is 0. The Labute approximate surface area is 197 Å². The molecule has 2 nitrogen and oxygen atoms in total. The van der Waals surface area contributed by atoms with E-state index in [1.54, 1.807) is 11.8 Å². The van der Waals surface area contributed by atoms with Crippen LogP contribution < -0.4 is 0 Å². The molecule has 0 spiro atoms. The van der Waals surface area contributed by atoms with Crippen molar-refractivity contribution in [2.75, 3.05) is 0 Å². The van der Waals surface area contributed by atoms with E-state index in [0.29, 0.717) is 0 Å². The van der Waals surface area contributed by atoms with Crippen molar-refractivity contribution < 1.29 is 9.59 Å². The van der Waals surface area contributed by atoms with Crippen molar-refractivity contribution in [3.05, 3.63) is 129 Å². The first-order valence-electron chi connectivity index (χ1n) is 11.4. The molecular weight excluding hydrogens is 424 g/mol. The van der Waals surface area contributed by atoms with E-state index < -0.39 is 0 Å².